The maximum atomic E-state index is 12.6. The third-order valence-corrected chi connectivity index (χ3v) is 5.41. The van der Waals surface area contributed by atoms with Crippen molar-refractivity contribution in [3.63, 3.8) is 0 Å². The predicted octanol–water partition coefficient (Wildman–Crippen LogP) is 1.71. The standard InChI is InChI=1S/C21H31N3O3/c1-17-12-18(2)14-24(13-17)20(25)15-22-8-10-23(11-9-22)21(26)16-27-19-6-4-3-5-7-19/h3-7,17-18H,8-16H2,1-2H3. The van der Waals surface area contributed by atoms with Crippen LogP contribution in [0.1, 0.15) is 20.3 Å². The average molecular weight is 373 g/mol. The number of amides is 2. The van der Waals surface area contributed by atoms with Gasteiger partial charge in [0.1, 0.15) is 5.75 Å². The molecule has 0 aliphatic carbocycles. The number of hydrogen-bond donors (Lipinski definition) is 0. The van der Waals surface area contributed by atoms with Crippen molar-refractivity contribution >= 4 is 11.8 Å². The molecule has 2 unspecified atom stereocenters. The molecule has 2 fully saturated rings. The van der Waals surface area contributed by atoms with Gasteiger partial charge in [-0.15, -0.1) is 0 Å². The van der Waals surface area contributed by atoms with Gasteiger partial charge in [0, 0.05) is 39.3 Å². The Balaban J connectivity index is 1.39. The van der Waals surface area contributed by atoms with Gasteiger partial charge in [0.25, 0.3) is 5.91 Å². The van der Waals surface area contributed by atoms with E-state index < -0.39 is 0 Å². The molecule has 0 N–H and O–H groups in total. The van der Waals surface area contributed by atoms with E-state index >= 15 is 0 Å². The summed E-state index contributed by atoms with van der Waals surface area (Å²) in [6, 6.07) is 9.39. The lowest BCUT2D eigenvalue weighted by molar-refractivity contribution is -0.137. The van der Waals surface area contributed by atoms with Gasteiger partial charge >= 0.3 is 0 Å². The highest BCUT2D eigenvalue weighted by atomic mass is 16.5. The van der Waals surface area contributed by atoms with Gasteiger partial charge in [0.2, 0.25) is 5.91 Å². The second kappa shape index (κ2) is 9.22. The smallest absolute Gasteiger partial charge is 0.260 e. The molecular weight excluding hydrogens is 342 g/mol. The molecule has 148 valence electrons. The van der Waals surface area contributed by atoms with Crippen LogP contribution < -0.4 is 4.74 Å². The van der Waals surface area contributed by atoms with Crippen molar-refractivity contribution < 1.29 is 14.3 Å². The normalized spacial score (nSPS) is 23.9. The van der Waals surface area contributed by atoms with Crippen molar-refractivity contribution in [1.29, 1.82) is 0 Å². The minimum absolute atomic E-state index is 0.00325. The van der Waals surface area contributed by atoms with Crippen molar-refractivity contribution in [3.8, 4) is 5.75 Å². The summed E-state index contributed by atoms with van der Waals surface area (Å²) in [5, 5.41) is 0. The minimum atomic E-state index is 0.00325. The number of benzene rings is 1. The van der Waals surface area contributed by atoms with Crippen molar-refractivity contribution in [1.82, 2.24) is 14.7 Å². The lowest BCUT2D eigenvalue weighted by Crippen LogP contribution is -2.53. The molecule has 2 amide bonds. The Hall–Kier alpha value is -2.08. The second-order valence-electron chi connectivity index (χ2n) is 8.00. The van der Waals surface area contributed by atoms with Crippen LogP contribution in [0.4, 0.5) is 0 Å². The zero-order chi connectivity index (χ0) is 19.2. The van der Waals surface area contributed by atoms with Crippen LogP contribution in [0.2, 0.25) is 0 Å². The third kappa shape index (κ3) is 5.70. The largest absolute Gasteiger partial charge is 0.484 e. The van der Waals surface area contributed by atoms with Gasteiger partial charge in [-0.25, -0.2) is 0 Å². The number of ether oxygens (including phenoxy) is 1. The molecule has 6 heteroatoms. The summed E-state index contributed by atoms with van der Waals surface area (Å²) < 4.78 is 5.55. The van der Waals surface area contributed by atoms with Crippen LogP contribution in [-0.4, -0.2) is 78.9 Å². The molecule has 2 saturated heterocycles. The minimum Gasteiger partial charge on any atom is -0.484 e. The molecule has 0 radical (unpaired) electrons. The fraction of sp³-hybridized carbons (Fsp3) is 0.619. The zero-order valence-corrected chi connectivity index (χ0v) is 16.5. The van der Waals surface area contributed by atoms with Gasteiger partial charge in [-0.3, -0.25) is 14.5 Å². The lowest BCUT2D eigenvalue weighted by atomic mass is 9.92. The van der Waals surface area contributed by atoms with E-state index in [4.69, 9.17) is 4.74 Å². The number of nitrogens with zero attached hydrogens (tertiary/aromatic N) is 3. The molecule has 2 aliphatic rings. The van der Waals surface area contributed by atoms with Crippen LogP contribution in [0.15, 0.2) is 30.3 Å². The fourth-order valence-electron chi connectivity index (χ4n) is 4.07. The van der Waals surface area contributed by atoms with E-state index in [0.717, 1.165) is 26.2 Å². The number of rotatable bonds is 5. The van der Waals surface area contributed by atoms with Crippen molar-refractivity contribution in [2.75, 3.05) is 52.4 Å². The average Bonchev–Trinajstić information content (AvgIpc) is 2.66. The third-order valence-electron chi connectivity index (χ3n) is 5.41. The molecule has 2 aliphatic heterocycles. The van der Waals surface area contributed by atoms with Gasteiger partial charge in [0.15, 0.2) is 6.61 Å². The SMILES string of the molecule is CC1CC(C)CN(C(=O)CN2CCN(C(=O)COc3ccccc3)CC2)C1. The summed E-state index contributed by atoms with van der Waals surface area (Å²) in [4.78, 5) is 31.0. The maximum Gasteiger partial charge on any atom is 0.260 e. The topological polar surface area (TPSA) is 53.1 Å². The number of hydrogen-bond acceptors (Lipinski definition) is 4. The molecule has 0 saturated carbocycles. The monoisotopic (exact) mass is 373 g/mol. The van der Waals surface area contributed by atoms with E-state index in [1.165, 1.54) is 6.42 Å². The number of carbonyl (C=O) groups is 2. The Morgan fingerprint density at radius 1 is 0.926 bits per heavy atom. The van der Waals surface area contributed by atoms with Crippen LogP contribution in [0, 0.1) is 11.8 Å². The molecule has 1 aromatic rings. The second-order valence-corrected chi connectivity index (χ2v) is 8.00. The van der Waals surface area contributed by atoms with Crippen LogP contribution >= 0.6 is 0 Å². The van der Waals surface area contributed by atoms with Gasteiger partial charge < -0.3 is 14.5 Å². The first-order valence-corrected chi connectivity index (χ1v) is 9.97. The molecule has 27 heavy (non-hydrogen) atoms. The van der Waals surface area contributed by atoms with Gasteiger partial charge in [0.05, 0.1) is 6.54 Å². The molecule has 2 heterocycles. The molecule has 2 atom stereocenters. The maximum absolute atomic E-state index is 12.6. The van der Waals surface area contributed by atoms with E-state index in [1.54, 1.807) is 0 Å². The van der Waals surface area contributed by atoms with E-state index in [1.807, 2.05) is 40.1 Å². The van der Waals surface area contributed by atoms with E-state index in [9.17, 15) is 9.59 Å². The van der Waals surface area contributed by atoms with Crippen LogP contribution in [0.25, 0.3) is 0 Å². The highest BCUT2D eigenvalue weighted by Gasteiger charge is 2.28. The summed E-state index contributed by atoms with van der Waals surface area (Å²) >= 11 is 0. The van der Waals surface area contributed by atoms with E-state index in [0.29, 0.717) is 37.2 Å². The van der Waals surface area contributed by atoms with Crippen molar-refractivity contribution in [3.05, 3.63) is 30.3 Å². The molecule has 0 bridgehead atoms. The zero-order valence-electron chi connectivity index (χ0n) is 16.5. The lowest BCUT2D eigenvalue weighted by Gasteiger charge is -2.38. The van der Waals surface area contributed by atoms with Gasteiger partial charge in [-0.2, -0.15) is 0 Å². The van der Waals surface area contributed by atoms with Gasteiger partial charge in [-0.1, -0.05) is 32.0 Å². The summed E-state index contributed by atoms with van der Waals surface area (Å²) in [7, 11) is 0. The molecule has 3 rings (SSSR count). The molecule has 0 aromatic heterocycles. The molecule has 1 aromatic carbocycles. The molecular formula is C21H31N3O3. The van der Waals surface area contributed by atoms with E-state index in [-0.39, 0.29) is 18.4 Å². The number of piperidine rings is 1. The number of para-hydroxylation sites is 1. The Bertz CT molecular complexity index is 619. The summed E-state index contributed by atoms with van der Waals surface area (Å²) in [5.74, 6) is 2.10. The number of likely N-dealkylation sites (tertiary alicyclic amines) is 1. The molecule has 0 spiro atoms. The van der Waals surface area contributed by atoms with Crippen LogP contribution in [0.3, 0.4) is 0 Å². The van der Waals surface area contributed by atoms with Crippen LogP contribution in [-0.2, 0) is 9.59 Å². The summed E-state index contributed by atoms with van der Waals surface area (Å²) in [5.41, 5.74) is 0. The number of piperazine rings is 1. The van der Waals surface area contributed by atoms with E-state index in [2.05, 4.69) is 18.7 Å². The first-order chi connectivity index (χ1) is 13.0. The number of carbonyl (C=O) groups excluding carboxylic acids is 2. The Morgan fingerprint density at radius 2 is 1.56 bits per heavy atom. The highest BCUT2D eigenvalue weighted by molar-refractivity contribution is 5.79. The Morgan fingerprint density at radius 3 is 2.19 bits per heavy atom. The fourth-order valence-corrected chi connectivity index (χ4v) is 4.07. The Kier molecular flexibility index (Phi) is 6.72. The van der Waals surface area contributed by atoms with Gasteiger partial charge in [-0.05, 0) is 30.4 Å². The Labute approximate surface area is 162 Å². The highest BCUT2D eigenvalue weighted by Crippen LogP contribution is 2.21. The van der Waals surface area contributed by atoms with Crippen LogP contribution in [0.5, 0.6) is 5.75 Å². The predicted molar refractivity (Wildman–Crippen MR) is 104 cm³/mol. The first-order valence-electron chi connectivity index (χ1n) is 9.97. The van der Waals surface area contributed by atoms with Crippen molar-refractivity contribution in [2.45, 2.75) is 20.3 Å². The molecule has 6 nitrogen and oxygen atoms in total. The summed E-state index contributed by atoms with van der Waals surface area (Å²) in [6.45, 7) is 9.48. The quantitative estimate of drug-likeness (QED) is 0.789. The van der Waals surface area contributed by atoms with Crippen molar-refractivity contribution in [2.24, 2.45) is 11.8 Å². The summed E-state index contributed by atoms with van der Waals surface area (Å²) in [6.07, 6.45) is 1.20. The first kappa shape index (κ1) is 19.7.